The first-order chi connectivity index (χ1) is 12.8. The summed E-state index contributed by atoms with van der Waals surface area (Å²) >= 11 is 0. The first-order valence-corrected chi connectivity index (χ1v) is 8.69. The number of methoxy groups -OCH3 is 1. The number of benzene rings is 1. The Kier molecular flexibility index (Phi) is 6.92. The number of piperazine rings is 1. The number of amides is 2. The van der Waals surface area contributed by atoms with E-state index >= 15 is 0 Å². The first kappa shape index (κ1) is 20.9. The van der Waals surface area contributed by atoms with E-state index in [-0.39, 0.29) is 38.5 Å². The third-order valence-corrected chi connectivity index (χ3v) is 4.32. The van der Waals surface area contributed by atoms with Crippen LogP contribution in [0.5, 0.6) is 11.5 Å². The first-order valence-electron chi connectivity index (χ1n) is 8.69. The van der Waals surface area contributed by atoms with Crippen molar-refractivity contribution in [3.8, 4) is 11.5 Å². The van der Waals surface area contributed by atoms with Gasteiger partial charge in [0.05, 0.1) is 13.7 Å². The molecule has 0 spiro atoms. The summed E-state index contributed by atoms with van der Waals surface area (Å²) < 4.78 is 48.1. The van der Waals surface area contributed by atoms with Gasteiger partial charge in [-0.3, -0.25) is 9.59 Å². The summed E-state index contributed by atoms with van der Waals surface area (Å²) in [5.74, 6) is -0.792. The van der Waals surface area contributed by atoms with Crippen LogP contribution in [0, 0.1) is 0 Å². The normalized spacial score (nSPS) is 14.9. The molecule has 27 heavy (non-hydrogen) atoms. The van der Waals surface area contributed by atoms with E-state index in [1.807, 2.05) is 13.0 Å². The molecule has 2 amide bonds. The molecule has 150 valence electrons. The standard InChI is InChI=1S/C18H23F3N2O4/c1-3-27-14-6-4-13(12-15(14)26-2)5-7-16(24)22-8-10-23(11-9-22)17(25)18(19,20)21/h4,6,12H,3,5,7-11H2,1-2H3. The van der Waals surface area contributed by atoms with Gasteiger partial charge in [-0.25, -0.2) is 0 Å². The largest absolute Gasteiger partial charge is 0.493 e. The molecule has 0 aliphatic carbocycles. The predicted molar refractivity (Wildman–Crippen MR) is 91.7 cm³/mol. The Morgan fingerprint density at radius 3 is 2.26 bits per heavy atom. The average Bonchev–Trinajstić information content (AvgIpc) is 2.66. The summed E-state index contributed by atoms with van der Waals surface area (Å²) in [4.78, 5) is 25.8. The number of hydrogen-bond acceptors (Lipinski definition) is 4. The summed E-state index contributed by atoms with van der Waals surface area (Å²) in [5, 5.41) is 0. The van der Waals surface area contributed by atoms with Gasteiger partial charge >= 0.3 is 12.1 Å². The van der Waals surface area contributed by atoms with E-state index < -0.39 is 12.1 Å². The van der Waals surface area contributed by atoms with Gasteiger partial charge in [0, 0.05) is 32.6 Å². The Hall–Kier alpha value is -2.45. The quantitative estimate of drug-likeness (QED) is 0.750. The lowest BCUT2D eigenvalue weighted by Gasteiger charge is -2.35. The number of ether oxygens (including phenoxy) is 2. The smallest absolute Gasteiger partial charge is 0.471 e. The minimum absolute atomic E-state index is 0.104. The number of hydrogen-bond donors (Lipinski definition) is 0. The fourth-order valence-electron chi connectivity index (χ4n) is 2.89. The number of carbonyl (C=O) groups is 2. The van der Waals surface area contributed by atoms with E-state index in [9.17, 15) is 22.8 Å². The summed E-state index contributed by atoms with van der Waals surface area (Å²) in [6.45, 7) is 2.37. The molecule has 0 radical (unpaired) electrons. The van der Waals surface area contributed by atoms with Crippen LogP contribution in [0.25, 0.3) is 0 Å². The van der Waals surface area contributed by atoms with Gasteiger partial charge in [0.25, 0.3) is 0 Å². The fraction of sp³-hybridized carbons (Fsp3) is 0.556. The fourth-order valence-corrected chi connectivity index (χ4v) is 2.89. The van der Waals surface area contributed by atoms with Crippen molar-refractivity contribution in [2.45, 2.75) is 25.9 Å². The predicted octanol–water partition coefficient (Wildman–Crippen LogP) is 2.26. The zero-order valence-corrected chi connectivity index (χ0v) is 15.3. The molecule has 1 aromatic rings. The van der Waals surface area contributed by atoms with Crippen molar-refractivity contribution in [3.63, 3.8) is 0 Å². The minimum Gasteiger partial charge on any atom is -0.493 e. The lowest BCUT2D eigenvalue weighted by atomic mass is 10.1. The number of carbonyl (C=O) groups excluding carboxylic acids is 2. The maximum Gasteiger partial charge on any atom is 0.471 e. The van der Waals surface area contributed by atoms with Crippen LogP contribution in [0.4, 0.5) is 13.2 Å². The second-order valence-corrected chi connectivity index (χ2v) is 6.09. The Morgan fingerprint density at radius 2 is 1.70 bits per heavy atom. The zero-order chi connectivity index (χ0) is 20.0. The molecular weight excluding hydrogens is 365 g/mol. The van der Waals surface area contributed by atoms with Crippen LogP contribution >= 0.6 is 0 Å². The summed E-state index contributed by atoms with van der Waals surface area (Å²) in [6, 6.07) is 5.43. The van der Waals surface area contributed by atoms with E-state index in [2.05, 4.69) is 0 Å². The van der Waals surface area contributed by atoms with E-state index in [1.165, 1.54) is 12.0 Å². The van der Waals surface area contributed by atoms with Gasteiger partial charge < -0.3 is 19.3 Å². The average molecular weight is 388 g/mol. The summed E-state index contributed by atoms with van der Waals surface area (Å²) in [7, 11) is 1.54. The van der Waals surface area contributed by atoms with Crippen LogP contribution in [0.15, 0.2) is 18.2 Å². The molecule has 1 aromatic carbocycles. The van der Waals surface area contributed by atoms with Gasteiger partial charge in [-0.05, 0) is 31.0 Å². The lowest BCUT2D eigenvalue weighted by molar-refractivity contribution is -0.187. The monoisotopic (exact) mass is 388 g/mol. The van der Waals surface area contributed by atoms with E-state index in [0.29, 0.717) is 24.5 Å². The Morgan fingerprint density at radius 1 is 1.07 bits per heavy atom. The lowest BCUT2D eigenvalue weighted by Crippen LogP contribution is -2.53. The molecule has 1 aliphatic heterocycles. The number of aryl methyl sites for hydroxylation is 1. The third-order valence-electron chi connectivity index (χ3n) is 4.32. The molecule has 1 heterocycles. The van der Waals surface area contributed by atoms with Crippen molar-refractivity contribution in [2.24, 2.45) is 0 Å². The minimum atomic E-state index is -4.88. The molecular formula is C18H23F3N2O4. The molecule has 2 rings (SSSR count). The highest BCUT2D eigenvalue weighted by Gasteiger charge is 2.43. The molecule has 1 saturated heterocycles. The molecule has 0 aromatic heterocycles. The van der Waals surface area contributed by atoms with Crippen molar-refractivity contribution in [2.75, 3.05) is 39.9 Å². The van der Waals surface area contributed by atoms with Crippen LogP contribution in [0.1, 0.15) is 18.9 Å². The Balaban J connectivity index is 1.86. The second kappa shape index (κ2) is 8.96. The molecule has 6 nitrogen and oxygen atoms in total. The zero-order valence-electron chi connectivity index (χ0n) is 15.3. The van der Waals surface area contributed by atoms with Crippen LogP contribution in [0.2, 0.25) is 0 Å². The van der Waals surface area contributed by atoms with E-state index in [0.717, 1.165) is 10.5 Å². The highest BCUT2D eigenvalue weighted by atomic mass is 19.4. The maximum atomic E-state index is 12.4. The van der Waals surface area contributed by atoms with Gasteiger partial charge in [-0.2, -0.15) is 13.2 Å². The molecule has 1 aliphatic rings. The molecule has 0 N–H and O–H groups in total. The third kappa shape index (κ3) is 5.51. The molecule has 0 bridgehead atoms. The highest BCUT2D eigenvalue weighted by molar-refractivity contribution is 5.82. The van der Waals surface area contributed by atoms with Crippen LogP contribution in [-0.2, 0) is 16.0 Å². The molecule has 1 fully saturated rings. The van der Waals surface area contributed by atoms with Gasteiger partial charge in [0.15, 0.2) is 11.5 Å². The number of nitrogens with zero attached hydrogens (tertiary/aromatic N) is 2. The van der Waals surface area contributed by atoms with Crippen molar-refractivity contribution in [3.05, 3.63) is 23.8 Å². The van der Waals surface area contributed by atoms with Crippen molar-refractivity contribution < 1.29 is 32.2 Å². The number of alkyl halides is 3. The van der Waals surface area contributed by atoms with Gasteiger partial charge in [0.1, 0.15) is 0 Å². The molecule has 0 saturated carbocycles. The number of rotatable bonds is 6. The maximum absolute atomic E-state index is 12.4. The van der Waals surface area contributed by atoms with Crippen molar-refractivity contribution in [1.29, 1.82) is 0 Å². The van der Waals surface area contributed by atoms with Crippen molar-refractivity contribution in [1.82, 2.24) is 9.80 Å². The molecule has 0 unspecified atom stereocenters. The second-order valence-electron chi connectivity index (χ2n) is 6.09. The van der Waals surface area contributed by atoms with Gasteiger partial charge in [-0.1, -0.05) is 6.07 Å². The molecule has 0 atom stereocenters. The van der Waals surface area contributed by atoms with Crippen LogP contribution in [0.3, 0.4) is 0 Å². The number of halogens is 3. The van der Waals surface area contributed by atoms with Crippen LogP contribution < -0.4 is 9.47 Å². The Labute approximate surface area is 155 Å². The van der Waals surface area contributed by atoms with Crippen molar-refractivity contribution >= 4 is 11.8 Å². The Bertz CT molecular complexity index is 671. The van der Waals surface area contributed by atoms with E-state index in [1.54, 1.807) is 12.1 Å². The molecule has 9 heteroatoms. The SMILES string of the molecule is CCOc1ccc(CCC(=O)N2CCN(C(=O)C(F)(F)F)CC2)cc1OC. The highest BCUT2D eigenvalue weighted by Crippen LogP contribution is 2.28. The van der Waals surface area contributed by atoms with Gasteiger partial charge in [0.2, 0.25) is 5.91 Å². The van der Waals surface area contributed by atoms with Crippen LogP contribution in [-0.4, -0.2) is 67.7 Å². The van der Waals surface area contributed by atoms with Gasteiger partial charge in [-0.15, -0.1) is 0 Å². The topological polar surface area (TPSA) is 59.1 Å². The van der Waals surface area contributed by atoms with E-state index in [4.69, 9.17) is 9.47 Å². The summed E-state index contributed by atoms with van der Waals surface area (Å²) in [6.07, 6.45) is -4.17. The summed E-state index contributed by atoms with van der Waals surface area (Å²) in [5.41, 5.74) is 0.898.